The van der Waals surface area contributed by atoms with Crippen molar-refractivity contribution in [3.05, 3.63) is 0 Å². The molecular weight excluding hydrogens is 126 g/mol. The lowest BCUT2D eigenvalue weighted by molar-refractivity contribution is 0.187. The Hall–Kier alpha value is -0.370. The van der Waals surface area contributed by atoms with Gasteiger partial charge in [0, 0.05) is 12.3 Å². The van der Waals surface area contributed by atoms with Crippen LogP contribution in [0.4, 0.5) is 0 Å². The van der Waals surface area contributed by atoms with Crippen LogP contribution in [0.1, 0.15) is 33.6 Å². The van der Waals surface area contributed by atoms with Gasteiger partial charge in [0.15, 0.2) is 0 Å². The molecule has 0 saturated carbocycles. The van der Waals surface area contributed by atoms with Gasteiger partial charge < -0.3 is 5.11 Å². The molecular formula is C8H17NO. The molecule has 2 nitrogen and oxygen atoms in total. The Labute approximate surface area is 63.0 Å². The minimum absolute atomic E-state index is 0.214. The SMILES string of the molecule is CCC(C)=NCCC(C)O. The topological polar surface area (TPSA) is 32.6 Å². The van der Waals surface area contributed by atoms with Crippen molar-refractivity contribution in [2.75, 3.05) is 6.54 Å². The summed E-state index contributed by atoms with van der Waals surface area (Å²) in [7, 11) is 0. The molecule has 1 atom stereocenters. The standard InChI is InChI=1S/C8H17NO/c1-4-7(2)9-6-5-8(3)10/h8,10H,4-6H2,1-3H3. The fourth-order valence-corrected chi connectivity index (χ4v) is 0.554. The van der Waals surface area contributed by atoms with Crippen LogP contribution in [0, 0.1) is 0 Å². The molecule has 0 radical (unpaired) electrons. The van der Waals surface area contributed by atoms with Crippen LogP contribution >= 0.6 is 0 Å². The fourth-order valence-electron chi connectivity index (χ4n) is 0.554. The molecule has 0 aliphatic carbocycles. The zero-order valence-electron chi connectivity index (χ0n) is 7.09. The van der Waals surface area contributed by atoms with E-state index in [2.05, 4.69) is 11.9 Å². The number of aliphatic hydroxyl groups excluding tert-OH is 1. The summed E-state index contributed by atoms with van der Waals surface area (Å²) in [5, 5.41) is 8.87. The molecule has 0 aromatic carbocycles. The van der Waals surface area contributed by atoms with Crippen molar-refractivity contribution in [2.45, 2.75) is 39.7 Å². The largest absolute Gasteiger partial charge is 0.393 e. The van der Waals surface area contributed by atoms with Crippen LogP contribution in [0.2, 0.25) is 0 Å². The summed E-state index contributed by atoms with van der Waals surface area (Å²) >= 11 is 0. The third-order valence-corrected chi connectivity index (χ3v) is 1.44. The highest BCUT2D eigenvalue weighted by molar-refractivity contribution is 5.81. The first kappa shape index (κ1) is 9.63. The third kappa shape index (κ3) is 5.76. The van der Waals surface area contributed by atoms with Crippen LogP contribution in [0.25, 0.3) is 0 Å². The second-order valence-electron chi connectivity index (χ2n) is 2.61. The summed E-state index contributed by atoms with van der Waals surface area (Å²) in [5.41, 5.74) is 1.17. The number of hydrogen-bond acceptors (Lipinski definition) is 2. The van der Waals surface area contributed by atoms with Crippen molar-refractivity contribution in [1.29, 1.82) is 0 Å². The van der Waals surface area contributed by atoms with E-state index in [-0.39, 0.29) is 6.10 Å². The van der Waals surface area contributed by atoms with Gasteiger partial charge in [-0.05, 0) is 26.7 Å². The van der Waals surface area contributed by atoms with Gasteiger partial charge in [0.05, 0.1) is 6.10 Å². The number of hydrogen-bond donors (Lipinski definition) is 1. The van der Waals surface area contributed by atoms with E-state index in [1.165, 1.54) is 5.71 Å². The van der Waals surface area contributed by atoms with E-state index in [1.807, 2.05) is 6.92 Å². The molecule has 0 saturated heterocycles. The molecule has 10 heavy (non-hydrogen) atoms. The lowest BCUT2D eigenvalue weighted by atomic mass is 10.3. The van der Waals surface area contributed by atoms with Crippen molar-refractivity contribution in [2.24, 2.45) is 4.99 Å². The predicted molar refractivity (Wildman–Crippen MR) is 44.6 cm³/mol. The molecule has 0 aliphatic rings. The van der Waals surface area contributed by atoms with E-state index in [0.29, 0.717) is 0 Å². The fraction of sp³-hybridized carbons (Fsp3) is 0.875. The van der Waals surface area contributed by atoms with Gasteiger partial charge in [-0.2, -0.15) is 0 Å². The summed E-state index contributed by atoms with van der Waals surface area (Å²) in [4.78, 5) is 4.24. The average molecular weight is 143 g/mol. The first-order chi connectivity index (χ1) is 4.66. The summed E-state index contributed by atoms with van der Waals surface area (Å²) in [6, 6.07) is 0. The maximum absolute atomic E-state index is 8.87. The number of aliphatic hydroxyl groups is 1. The van der Waals surface area contributed by atoms with Crippen molar-refractivity contribution in [3.63, 3.8) is 0 Å². The van der Waals surface area contributed by atoms with Crippen LogP contribution in [-0.4, -0.2) is 23.5 Å². The molecule has 1 N–H and O–H groups in total. The van der Waals surface area contributed by atoms with Gasteiger partial charge in [-0.15, -0.1) is 0 Å². The van der Waals surface area contributed by atoms with E-state index in [1.54, 1.807) is 6.92 Å². The van der Waals surface area contributed by atoms with Crippen LogP contribution in [0.5, 0.6) is 0 Å². The van der Waals surface area contributed by atoms with Crippen LogP contribution < -0.4 is 0 Å². The maximum atomic E-state index is 8.87. The average Bonchev–Trinajstić information content (AvgIpc) is 1.87. The Bertz CT molecular complexity index is 108. The molecule has 1 unspecified atom stereocenters. The Balaban J connectivity index is 3.34. The Morgan fingerprint density at radius 1 is 1.60 bits per heavy atom. The highest BCUT2D eigenvalue weighted by atomic mass is 16.3. The second-order valence-corrected chi connectivity index (χ2v) is 2.61. The first-order valence-corrected chi connectivity index (χ1v) is 3.84. The molecule has 0 aromatic rings. The molecule has 0 heterocycles. The van der Waals surface area contributed by atoms with E-state index in [4.69, 9.17) is 5.11 Å². The Morgan fingerprint density at radius 3 is 2.60 bits per heavy atom. The van der Waals surface area contributed by atoms with E-state index in [9.17, 15) is 0 Å². The summed E-state index contributed by atoms with van der Waals surface area (Å²) < 4.78 is 0. The smallest absolute Gasteiger partial charge is 0.0529 e. The van der Waals surface area contributed by atoms with Crippen molar-refractivity contribution in [3.8, 4) is 0 Å². The van der Waals surface area contributed by atoms with Gasteiger partial charge in [0.2, 0.25) is 0 Å². The highest BCUT2D eigenvalue weighted by Crippen LogP contribution is 1.91. The predicted octanol–water partition coefficient (Wildman–Crippen LogP) is 1.63. The summed E-state index contributed by atoms with van der Waals surface area (Å²) in [6.45, 7) is 6.65. The normalized spacial score (nSPS) is 15.4. The zero-order valence-corrected chi connectivity index (χ0v) is 7.09. The third-order valence-electron chi connectivity index (χ3n) is 1.44. The van der Waals surface area contributed by atoms with E-state index < -0.39 is 0 Å². The van der Waals surface area contributed by atoms with Crippen LogP contribution in [0.3, 0.4) is 0 Å². The molecule has 0 amide bonds. The molecule has 2 heteroatoms. The van der Waals surface area contributed by atoms with Gasteiger partial charge in [-0.3, -0.25) is 4.99 Å². The molecule has 0 aliphatic heterocycles. The minimum Gasteiger partial charge on any atom is -0.393 e. The molecule has 0 bridgehead atoms. The van der Waals surface area contributed by atoms with E-state index >= 15 is 0 Å². The van der Waals surface area contributed by atoms with Gasteiger partial charge in [0.1, 0.15) is 0 Å². The molecule has 0 rings (SSSR count). The van der Waals surface area contributed by atoms with Gasteiger partial charge >= 0.3 is 0 Å². The quantitative estimate of drug-likeness (QED) is 0.596. The zero-order chi connectivity index (χ0) is 7.98. The number of nitrogens with zero attached hydrogens (tertiary/aromatic N) is 1. The van der Waals surface area contributed by atoms with Gasteiger partial charge in [0.25, 0.3) is 0 Å². The van der Waals surface area contributed by atoms with Crippen molar-refractivity contribution in [1.82, 2.24) is 0 Å². The summed E-state index contributed by atoms with van der Waals surface area (Å²) in [6.07, 6.45) is 1.57. The summed E-state index contributed by atoms with van der Waals surface area (Å²) in [5.74, 6) is 0. The van der Waals surface area contributed by atoms with Gasteiger partial charge in [-0.25, -0.2) is 0 Å². The molecule has 0 spiro atoms. The van der Waals surface area contributed by atoms with Crippen LogP contribution in [-0.2, 0) is 0 Å². The highest BCUT2D eigenvalue weighted by Gasteiger charge is 1.92. The van der Waals surface area contributed by atoms with Crippen LogP contribution in [0.15, 0.2) is 4.99 Å². The molecule has 0 aromatic heterocycles. The first-order valence-electron chi connectivity index (χ1n) is 3.84. The monoisotopic (exact) mass is 143 g/mol. The number of rotatable bonds is 4. The van der Waals surface area contributed by atoms with E-state index in [0.717, 1.165) is 19.4 Å². The minimum atomic E-state index is -0.214. The Kier molecular flexibility index (Phi) is 5.22. The molecule has 60 valence electrons. The maximum Gasteiger partial charge on any atom is 0.0529 e. The lowest BCUT2D eigenvalue weighted by Crippen LogP contribution is -2.02. The lowest BCUT2D eigenvalue weighted by Gasteiger charge is -1.99. The Morgan fingerprint density at radius 2 is 2.20 bits per heavy atom. The van der Waals surface area contributed by atoms with Crippen molar-refractivity contribution >= 4 is 5.71 Å². The second kappa shape index (κ2) is 5.42. The number of aliphatic imine (C=N–C) groups is 1. The van der Waals surface area contributed by atoms with Crippen molar-refractivity contribution < 1.29 is 5.11 Å². The molecule has 0 fully saturated rings. The van der Waals surface area contributed by atoms with Gasteiger partial charge in [-0.1, -0.05) is 6.92 Å².